The maximum atomic E-state index is 12.2. The summed E-state index contributed by atoms with van der Waals surface area (Å²) in [6, 6.07) is 2.07. The molecule has 0 spiro atoms. The minimum absolute atomic E-state index is 0.137. The Morgan fingerprint density at radius 2 is 2.00 bits per heavy atom. The Balaban J connectivity index is 2.28. The molecule has 0 fully saturated rings. The van der Waals surface area contributed by atoms with E-state index in [0.717, 1.165) is 11.4 Å². The van der Waals surface area contributed by atoms with Gasteiger partial charge in [-0.05, 0) is 53.2 Å². The van der Waals surface area contributed by atoms with Crippen LogP contribution in [-0.4, -0.2) is 24.2 Å². The Hall–Kier alpha value is -0.910. The summed E-state index contributed by atoms with van der Waals surface area (Å²) in [5, 5.41) is 3.81. The minimum Gasteiger partial charge on any atom is -0.369 e. The zero-order chi connectivity index (χ0) is 16.1. The van der Waals surface area contributed by atoms with Crippen LogP contribution < -0.4 is 5.32 Å². The van der Waals surface area contributed by atoms with Crippen LogP contribution >= 0.6 is 11.3 Å². The van der Waals surface area contributed by atoms with Crippen LogP contribution in [-0.2, 0) is 26.3 Å². The number of hydrogen-bond acceptors (Lipinski definition) is 4. The van der Waals surface area contributed by atoms with Crippen molar-refractivity contribution in [1.29, 1.82) is 0 Å². The maximum absolute atomic E-state index is 12.2. The number of nitrogens with one attached hydrogen (secondary N) is 1. The predicted molar refractivity (Wildman–Crippen MR) is 85.9 cm³/mol. The van der Waals surface area contributed by atoms with Gasteiger partial charge in [0, 0.05) is 18.4 Å². The largest absolute Gasteiger partial charge is 0.369 e. The van der Waals surface area contributed by atoms with Gasteiger partial charge in [0.15, 0.2) is 0 Å². The monoisotopic (exact) mass is 311 g/mol. The van der Waals surface area contributed by atoms with Gasteiger partial charge in [0.05, 0.1) is 16.2 Å². The third-order valence-electron chi connectivity index (χ3n) is 3.80. The van der Waals surface area contributed by atoms with Crippen molar-refractivity contribution in [1.82, 2.24) is 0 Å². The van der Waals surface area contributed by atoms with Crippen molar-refractivity contribution in [2.75, 3.05) is 12.4 Å². The number of carbonyl (C=O) groups is 1. The zero-order valence-corrected chi connectivity index (χ0v) is 14.7. The van der Waals surface area contributed by atoms with Crippen molar-refractivity contribution >= 4 is 22.2 Å². The highest BCUT2D eigenvalue weighted by molar-refractivity contribution is 7.16. The fourth-order valence-electron chi connectivity index (χ4n) is 2.72. The minimum atomic E-state index is -0.838. The second-order valence-electron chi connectivity index (χ2n) is 7.18. The van der Waals surface area contributed by atoms with Crippen LogP contribution in [0.5, 0.6) is 0 Å². The van der Waals surface area contributed by atoms with Gasteiger partial charge >= 0.3 is 0 Å². The molecule has 21 heavy (non-hydrogen) atoms. The molecule has 5 heteroatoms. The number of thiophene rings is 1. The summed E-state index contributed by atoms with van der Waals surface area (Å²) < 4.78 is 11.4. The van der Waals surface area contributed by atoms with E-state index in [9.17, 15) is 4.79 Å². The molecule has 0 bridgehead atoms. The van der Waals surface area contributed by atoms with E-state index < -0.39 is 5.60 Å². The maximum Gasteiger partial charge on any atom is 0.256 e. The van der Waals surface area contributed by atoms with Gasteiger partial charge in [-0.1, -0.05) is 0 Å². The van der Waals surface area contributed by atoms with E-state index in [1.807, 2.05) is 0 Å². The topological polar surface area (TPSA) is 47.6 Å². The molecule has 1 aromatic rings. The summed E-state index contributed by atoms with van der Waals surface area (Å²) >= 11 is 1.59. The lowest BCUT2D eigenvalue weighted by molar-refractivity contribution is -0.135. The molecule has 1 aliphatic rings. The van der Waals surface area contributed by atoms with Crippen LogP contribution in [0.3, 0.4) is 0 Å². The molecule has 0 atom stereocenters. The molecule has 4 nitrogen and oxygen atoms in total. The van der Waals surface area contributed by atoms with Crippen molar-refractivity contribution in [2.24, 2.45) is 0 Å². The first-order valence-electron chi connectivity index (χ1n) is 7.17. The molecule has 1 aromatic heterocycles. The number of ether oxygens (including phenoxy) is 2. The molecule has 0 saturated heterocycles. The van der Waals surface area contributed by atoms with E-state index in [1.165, 1.54) is 10.4 Å². The summed E-state index contributed by atoms with van der Waals surface area (Å²) in [6.07, 6.45) is 0.853. The lowest BCUT2D eigenvalue weighted by Gasteiger charge is -2.41. The molecule has 118 valence electrons. The molecule has 2 rings (SSSR count). The number of hydrogen-bond donors (Lipinski definition) is 1. The second kappa shape index (κ2) is 5.07. The molecule has 1 aliphatic heterocycles. The third kappa shape index (κ3) is 3.30. The highest BCUT2D eigenvalue weighted by Gasteiger charge is 2.40. The number of rotatable bonds is 3. The molecular formula is C16H25NO3S. The molecule has 0 saturated carbocycles. The van der Waals surface area contributed by atoms with Gasteiger partial charge in [-0.3, -0.25) is 4.79 Å². The molecule has 2 heterocycles. The summed E-state index contributed by atoms with van der Waals surface area (Å²) in [5.41, 5.74) is -0.103. The Morgan fingerprint density at radius 3 is 2.57 bits per heavy atom. The molecule has 0 radical (unpaired) electrons. The average molecular weight is 311 g/mol. The van der Waals surface area contributed by atoms with Crippen LogP contribution in [0.2, 0.25) is 0 Å². The highest BCUT2D eigenvalue weighted by atomic mass is 32.1. The number of carbonyl (C=O) groups excluding carboxylic acids is 1. The Kier molecular flexibility index (Phi) is 3.98. The quantitative estimate of drug-likeness (QED) is 0.926. The molecule has 1 N–H and O–H groups in total. The molecule has 1 amide bonds. The molecule has 0 aromatic carbocycles. The van der Waals surface area contributed by atoms with Gasteiger partial charge in [-0.2, -0.15) is 0 Å². The van der Waals surface area contributed by atoms with E-state index >= 15 is 0 Å². The van der Waals surface area contributed by atoms with Gasteiger partial charge in [0.2, 0.25) is 0 Å². The fourth-order valence-corrected chi connectivity index (χ4v) is 3.83. The van der Waals surface area contributed by atoms with Crippen LogP contribution in [0, 0.1) is 0 Å². The van der Waals surface area contributed by atoms with Gasteiger partial charge in [0.1, 0.15) is 5.60 Å². The summed E-state index contributed by atoms with van der Waals surface area (Å²) in [5.74, 6) is -0.137. The first kappa shape index (κ1) is 16.5. The standard InChI is InChI=1S/C16H25NO3S/c1-14(2)9-10-8-11(17-13(18)16(5,6)19-7)21-12(10)15(3,4)20-14/h8H,9H2,1-7H3,(H,17,18). The fraction of sp³-hybridized carbons (Fsp3) is 0.688. The molecular weight excluding hydrogens is 286 g/mol. The van der Waals surface area contributed by atoms with Crippen molar-refractivity contribution in [3.8, 4) is 0 Å². The van der Waals surface area contributed by atoms with Crippen LogP contribution in [0.25, 0.3) is 0 Å². The Bertz CT molecular complexity index is 558. The van der Waals surface area contributed by atoms with Crippen LogP contribution in [0.1, 0.15) is 52.0 Å². The SMILES string of the molecule is COC(C)(C)C(=O)Nc1cc2c(s1)C(C)(C)OC(C)(C)C2. The average Bonchev–Trinajstić information content (AvgIpc) is 2.69. The van der Waals surface area contributed by atoms with Crippen molar-refractivity contribution in [3.63, 3.8) is 0 Å². The first-order chi connectivity index (χ1) is 9.47. The highest BCUT2D eigenvalue weighted by Crippen LogP contribution is 2.45. The van der Waals surface area contributed by atoms with Crippen molar-refractivity contribution in [2.45, 2.75) is 64.8 Å². The van der Waals surface area contributed by atoms with E-state index in [4.69, 9.17) is 9.47 Å². The van der Waals surface area contributed by atoms with Crippen molar-refractivity contribution in [3.05, 3.63) is 16.5 Å². The number of amides is 1. The number of anilines is 1. The Morgan fingerprint density at radius 1 is 1.38 bits per heavy atom. The lowest BCUT2D eigenvalue weighted by Crippen LogP contribution is -2.41. The summed E-state index contributed by atoms with van der Waals surface area (Å²) in [4.78, 5) is 13.4. The molecule has 0 unspecified atom stereocenters. The van der Waals surface area contributed by atoms with E-state index in [1.54, 1.807) is 32.3 Å². The predicted octanol–water partition coefficient (Wildman–Crippen LogP) is 3.70. The Labute approximate surface area is 130 Å². The first-order valence-corrected chi connectivity index (χ1v) is 7.98. The summed E-state index contributed by atoms with van der Waals surface area (Å²) in [6.45, 7) is 11.9. The smallest absolute Gasteiger partial charge is 0.256 e. The third-order valence-corrected chi connectivity index (χ3v) is 5.20. The van der Waals surface area contributed by atoms with Gasteiger partial charge in [0.25, 0.3) is 5.91 Å². The van der Waals surface area contributed by atoms with E-state index in [0.29, 0.717) is 0 Å². The number of fused-ring (bicyclic) bond motifs is 1. The lowest BCUT2D eigenvalue weighted by atomic mass is 9.89. The van der Waals surface area contributed by atoms with Crippen LogP contribution in [0.4, 0.5) is 5.00 Å². The van der Waals surface area contributed by atoms with Crippen molar-refractivity contribution < 1.29 is 14.3 Å². The van der Waals surface area contributed by atoms with E-state index in [-0.39, 0.29) is 17.1 Å². The van der Waals surface area contributed by atoms with Gasteiger partial charge in [-0.15, -0.1) is 11.3 Å². The number of methoxy groups -OCH3 is 1. The van der Waals surface area contributed by atoms with Gasteiger partial charge < -0.3 is 14.8 Å². The molecule has 0 aliphatic carbocycles. The summed E-state index contributed by atoms with van der Waals surface area (Å²) in [7, 11) is 1.54. The van der Waals surface area contributed by atoms with Gasteiger partial charge in [-0.25, -0.2) is 0 Å². The zero-order valence-electron chi connectivity index (χ0n) is 13.9. The van der Waals surface area contributed by atoms with E-state index in [2.05, 4.69) is 39.1 Å². The van der Waals surface area contributed by atoms with Crippen LogP contribution in [0.15, 0.2) is 6.07 Å². The normalized spacial score (nSPS) is 20.0. The second-order valence-corrected chi connectivity index (χ2v) is 8.23.